The lowest BCUT2D eigenvalue weighted by atomic mass is 10.1. The Morgan fingerprint density at radius 3 is 2.93 bits per heavy atom. The molecule has 5 nitrogen and oxygen atoms in total. The van der Waals surface area contributed by atoms with E-state index in [0.717, 1.165) is 4.90 Å². The zero-order valence-corrected chi connectivity index (χ0v) is 8.60. The molecule has 0 radical (unpaired) electrons. The highest BCUT2D eigenvalue weighted by Crippen LogP contribution is 2.39. The molecule has 0 unspecified atom stereocenters. The van der Waals surface area contributed by atoms with Crippen LogP contribution < -0.4 is 10.8 Å². The minimum atomic E-state index is -1.40. The van der Waals surface area contributed by atoms with Gasteiger partial charge in [0.25, 0.3) is 5.91 Å². The van der Waals surface area contributed by atoms with Gasteiger partial charge in [-0.1, -0.05) is 11.6 Å². The van der Waals surface area contributed by atoms with E-state index in [1.165, 1.54) is 11.8 Å². The number of β-lactam (4-membered cyclic amide) rings is 1. The average molecular weight is 235 g/mol. The Hall–Kier alpha value is -0.720. The summed E-state index contributed by atoms with van der Waals surface area (Å²) in [4.78, 5) is 23.2. The molecule has 1 saturated heterocycles. The summed E-state index contributed by atoms with van der Waals surface area (Å²) in [6.07, 6.45) is 0. The number of carbonyl (C=O) groups is 2. The van der Waals surface area contributed by atoms with E-state index in [1.54, 1.807) is 0 Å². The zero-order chi connectivity index (χ0) is 10.5. The second kappa shape index (κ2) is 3.15. The van der Waals surface area contributed by atoms with Crippen LogP contribution in [0.4, 0.5) is 0 Å². The second-order valence-electron chi connectivity index (χ2n) is 3.06. The molecule has 0 aromatic carbocycles. The normalized spacial score (nSPS) is 31.3. The minimum absolute atomic E-state index is 0.159. The number of fused-ring (bicyclic) bond motifs is 1. The highest BCUT2D eigenvalue weighted by atomic mass is 35.5. The highest BCUT2D eigenvalue weighted by molar-refractivity contribution is 8.00. The van der Waals surface area contributed by atoms with Crippen molar-refractivity contribution in [3.05, 3.63) is 10.7 Å². The van der Waals surface area contributed by atoms with Crippen molar-refractivity contribution in [2.24, 2.45) is 0 Å². The molecule has 2 aliphatic heterocycles. The number of hydrogen-bond donors (Lipinski definition) is 1. The van der Waals surface area contributed by atoms with E-state index in [4.69, 9.17) is 11.6 Å². The zero-order valence-electron chi connectivity index (χ0n) is 7.03. The van der Waals surface area contributed by atoms with Gasteiger partial charge in [0.05, 0.1) is 16.7 Å². The van der Waals surface area contributed by atoms with Crippen molar-refractivity contribution >= 4 is 35.2 Å². The number of aliphatic carboxylic acids is 1. The Morgan fingerprint density at radius 2 is 2.36 bits per heavy atom. The summed E-state index contributed by atoms with van der Waals surface area (Å²) >= 11 is 7.12. The molecule has 7 heteroatoms. The topological polar surface area (TPSA) is 88.1 Å². The molecular weight excluding hydrogens is 228 g/mol. The Morgan fingerprint density at radius 1 is 1.71 bits per heavy atom. The maximum absolute atomic E-state index is 11.3. The first-order valence-electron chi connectivity index (χ1n) is 3.91. The van der Waals surface area contributed by atoms with E-state index < -0.39 is 5.97 Å². The third kappa shape index (κ3) is 1.14. The van der Waals surface area contributed by atoms with Crippen LogP contribution >= 0.6 is 23.4 Å². The summed E-state index contributed by atoms with van der Waals surface area (Å²) in [6.45, 7) is 0. The number of halogens is 1. The maximum atomic E-state index is 11.3. The fourth-order valence-corrected chi connectivity index (χ4v) is 3.04. The van der Waals surface area contributed by atoms with Crippen LogP contribution in [0.5, 0.6) is 0 Å². The second-order valence-corrected chi connectivity index (χ2v) is 4.62. The predicted octanol–water partition coefficient (Wildman–Crippen LogP) is -2.29. The van der Waals surface area contributed by atoms with E-state index in [9.17, 15) is 14.7 Å². The molecular formula is C7H7ClN2O3S. The van der Waals surface area contributed by atoms with Crippen LogP contribution in [0.2, 0.25) is 0 Å². The first kappa shape index (κ1) is 9.82. The first-order valence-corrected chi connectivity index (χ1v) is 5.34. The van der Waals surface area contributed by atoms with E-state index in [0.29, 0.717) is 5.75 Å². The molecule has 3 N–H and O–H groups in total. The van der Waals surface area contributed by atoms with Gasteiger partial charge in [0.2, 0.25) is 0 Å². The van der Waals surface area contributed by atoms with Gasteiger partial charge in [-0.05, 0) is 0 Å². The number of amides is 1. The summed E-state index contributed by atoms with van der Waals surface area (Å²) in [5.74, 6) is -1.31. The van der Waals surface area contributed by atoms with E-state index in [2.05, 4.69) is 5.73 Å². The van der Waals surface area contributed by atoms with Crippen LogP contribution in [-0.4, -0.2) is 33.9 Å². The van der Waals surface area contributed by atoms with Crippen LogP contribution in [0.3, 0.4) is 0 Å². The smallest absolute Gasteiger partial charge is 0.289 e. The van der Waals surface area contributed by atoms with Crippen molar-refractivity contribution in [2.45, 2.75) is 11.4 Å². The molecule has 2 heterocycles. The molecule has 76 valence electrons. The Balaban J connectivity index is 2.37. The van der Waals surface area contributed by atoms with Crippen molar-refractivity contribution in [3.63, 3.8) is 0 Å². The Kier molecular flexibility index (Phi) is 2.21. The minimum Gasteiger partial charge on any atom is -0.543 e. The van der Waals surface area contributed by atoms with Gasteiger partial charge in [-0.15, -0.1) is 11.8 Å². The molecule has 2 aliphatic rings. The number of carboxylic acid groups (broad SMARTS) is 1. The van der Waals surface area contributed by atoms with Gasteiger partial charge in [0.15, 0.2) is 6.04 Å². The molecule has 0 aromatic rings. The summed E-state index contributed by atoms with van der Waals surface area (Å²) in [5.41, 5.74) is 3.44. The van der Waals surface area contributed by atoms with Crippen LogP contribution in [0.1, 0.15) is 0 Å². The van der Waals surface area contributed by atoms with Gasteiger partial charge in [0, 0.05) is 5.75 Å². The largest absolute Gasteiger partial charge is 0.543 e. The highest BCUT2D eigenvalue weighted by Gasteiger charge is 2.53. The van der Waals surface area contributed by atoms with Gasteiger partial charge in [-0.25, -0.2) is 0 Å². The maximum Gasteiger partial charge on any atom is 0.289 e. The summed E-state index contributed by atoms with van der Waals surface area (Å²) in [6, 6.07) is -0.376. The summed E-state index contributed by atoms with van der Waals surface area (Å²) < 4.78 is 0. The van der Waals surface area contributed by atoms with Crippen LogP contribution in [0.25, 0.3) is 0 Å². The third-order valence-electron chi connectivity index (χ3n) is 2.23. The number of thioether (sulfide) groups is 1. The van der Waals surface area contributed by atoms with Gasteiger partial charge >= 0.3 is 0 Å². The van der Waals surface area contributed by atoms with Crippen molar-refractivity contribution in [2.75, 3.05) is 5.75 Å². The van der Waals surface area contributed by atoms with Crippen molar-refractivity contribution in [1.82, 2.24) is 4.90 Å². The first-order chi connectivity index (χ1) is 6.54. The predicted molar refractivity (Wildman–Crippen MR) is 47.7 cm³/mol. The quantitative estimate of drug-likeness (QED) is 0.518. The summed E-state index contributed by atoms with van der Waals surface area (Å²) in [5, 5.41) is 10.7. The van der Waals surface area contributed by atoms with Crippen molar-refractivity contribution in [3.8, 4) is 0 Å². The fourth-order valence-electron chi connectivity index (χ4n) is 1.52. The Bertz CT molecular complexity index is 357. The lowest BCUT2D eigenvalue weighted by Gasteiger charge is -2.46. The average Bonchev–Trinajstić information content (AvgIpc) is 2.15. The number of nitrogens with zero attached hydrogens (tertiary/aromatic N) is 1. The molecule has 0 bridgehead atoms. The monoisotopic (exact) mass is 234 g/mol. The number of hydrogen-bond acceptors (Lipinski definition) is 4. The standard InChI is InChI=1S/C7H7ClN2O3S/c8-2-1-14-6-3(9)5(11)10(6)4(2)7(12)13/h3,6H,1,9H2,(H,12,13)/t3-,6+/m1/s1. The van der Waals surface area contributed by atoms with Crippen molar-refractivity contribution in [1.29, 1.82) is 0 Å². The molecule has 0 saturated carbocycles. The molecule has 2 rings (SSSR count). The van der Waals surface area contributed by atoms with Crippen LogP contribution in [0, 0.1) is 0 Å². The lowest BCUT2D eigenvalue weighted by molar-refractivity contribution is -0.424. The number of carbonyl (C=O) groups excluding carboxylic acids is 2. The van der Waals surface area contributed by atoms with Crippen LogP contribution in [-0.2, 0) is 9.59 Å². The van der Waals surface area contributed by atoms with Gasteiger partial charge in [-0.2, -0.15) is 0 Å². The van der Waals surface area contributed by atoms with Crippen molar-refractivity contribution < 1.29 is 20.4 Å². The van der Waals surface area contributed by atoms with Gasteiger partial charge in [-0.3, -0.25) is 9.69 Å². The molecule has 0 spiro atoms. The Labute approximate surface area is 88.9 Å². The molecule has 0 aromatic heterocycles. The number of quaternary nitrogens is 1. The SMILES string of the molecule is [NH3+][C@@H]1C(=O)N2C(C(=O)[O-])=C(Cl)CS[C@@H]12. The summed E-state index contributed by atoms with van der Waals surface area (Å²) in [7, 11) is 0. The van der Waals surface area contributed by atoms with Gasteiger partial charge < -0.3 is 15.6 Å². The van der Waals surface area contributed by atoms with E-state index in [-0.39, 0.29) is 28.1 Å². The fraction of sp³-hybridized carbons (Fsp3) is 0.429. The molecule has 1 fully saturated rings. The van der Waals surface area contributed by atoms with Gasteiger partial charge in [0.1, 0.15) is 5.37 Å². The molecule has 2 atom stereocenters. The third-order valence-corrected chi connectivity index (χ3v) is 4.03. The van der Waals surface area contributed by atoms with Crippen LogP contribution in [0.15, 0.2) is 10.7 Å². The molecule has 0 aliphatic carbocycles. The number of carboxylic acids is 1. The van der Waals surface area contributed by atoms with E-state index in [1.807, 2.05) is 0 Å². The lowest BCUT2D eigenvalue weighted by Crippen LogP contribution is -2.83. The molecule has 1 amide bonds. The number of rotatable bonds is 1. The molecule has 14 heavy (non-hydrogen) atoms. The van der Waals surface area contributed by atoms with E-state index >= 15 is 0 Å².